The summed E-state index contributed by atoms with van der Waals surface area (Å²) in [5.74, 6) is 0. The summed E-state index contributed by atoms with van der Waals surface area (Å²) < 4.78 is 0. The largest absolute Gasteiger partial charge is 0.311 e. The van der Waals surface area contributed by atoms with Crippen molar-refractivity contribution < 1.29 is 0 Å². The molecule has 114 heavy (non-hydrogen) atoms. The van der Waals surface area contributed by atoms with Gasteiger partial charge in [0.2, 0.25) is 0 Å². The van der Waals surface area contributed by atoms with E-state index in [0.29, 0.717) is 0 Å². The van der Waals surface area contributed by atoms with Crippen LogP contribution in [0.2, 0.25) is 0 Å². The van der Waals surface area contributed by atoms with Gasteiger partial charge in [0.1, 0.15) is 0 Å². The van der Waals surface area contributed by atoms with Crippen molar-refractivity contribution >= 4 is 44.9 Å². The average molecular weight is 1450 g/mol. The molecule has 0 bridgehead atoms. The Morgan fingerprint density at radius 2 is 0.351 bits per heavy atom. The molecule has 19 aromatic rings. The van der Waals surface area contributed by atoms with E-state index in [-0.39, 0.29) is 0 Å². The van der Waals surface area contributed by atoms with Crippen LogP contribution in [0.5, 0.6) is 0 Å². The molecule has 19 aromatic carbocycles. The average Bonchev–Trinajstić information content (AvgIpc) is 0.767. The maximum atomic E-state index is 2.43. The molecule has 2 nitrogen and oxygen atoms in total. The molecule has 0 aliphatic carbocycles. The number of rotatable bonds is 19. The standard InChI is InChI=1S/C112H78N2/c1-6-24-79(25-7-1)80-52-54-94(55-53-80)108-40-19-21-43-112(108)114(111-42-20-18-39-107(111)90-28-10-3-11-29-90)102-70-60-87(61-71-102)97-65-75-106(110(78-97)92-32-14-5-15-33-92)98-37-22-36-95(76-98)85-50-48-82(49-51-85)81-44-46-83(47-45-81)84-56-66-99(67-57-84)113(101-72-62-93(63-73-101)104-41-23-35-89-34-16-17-38-103(89)104)100-68-58-86(59-69-100)96-64-74-105(88-26-8-2-9-27-88)109(77-96)91-30-12-4-13-31-91/h1-78H. The second kappa shape index (κ2) is 31.6. The molecule has 0 spiro atoms. The molecule has 19 rings (SSSR count). The fourth-order valence-electron chi connectivity index (χ4n) is 16.3. The second-order valence-corrected chi connectivity index (χ2v) is 29.1. The Kier molecular flexibility index (Phi) is 19.2. The molecule has 0 saturated heterocycles. The zero-order valence-electron chi connectivity index (χ0n) is 62.9. The third-order valence-electron chi connectivity index (χ3n) is 22.2. The lowest BCUT2D eigenvalue weighted by Crippen LogP contribution is -2.12. The van der Waals surface area contributed by atoms with Gasteiger partial charge in [0, 0.05) is 33.9 Å². The summed E-state index contributed by atoms with van der Waals surface area (Å²) >= 11 is 0. The van der Waals surface area contributed by atoms with Crippen molar-refractivity contribution in [2.24, 2.45) is 0 Å². The van der Waals surface area contributed by atoms with E-state index >= 15 is 0 Å². The third-order valence-corrected chi connectivity index (χ3v) is 22.2. The van der Waals surface area contributed by atoms with Gasteiger partial charge in [-0.15, -0.1) is 0 Å². The first kappa shape index (κ1) is 69.5. The molecule has 0 atom stereocenters. The Morgan fingerprint density at radius 3 is 0.789 bits per heavy atom. The van der Waals surface area contributed by atoms with Crippen molar-refractivity contribution in [1.29, 1.82) is 0 Å². The number of nitrogens with zero attached hydrogens (tertiary/aromatic N) is 2. The Morgan fingerprint density at radius 1 is 0.114 bits per heavy atom. The van der Waals surface area contributed by atoms with Crippen molar-refractivity contribution in [3.8, 4) is 145 Å². The van der Waals surface area contributed by atoms with Gasteiger partial charge in [0.15, 0.2) is 0 Å². The number of fused-ring (bicyclic) bond motifs is 1. The molecular formula is C112H78N2. The van der Waals surface area contributed by atoms with Crippen LogP contribution < -0.4 is 9.80 Å². The molecule has 2 heteroatoms. The van der Waals surface area contributed by atoms with Crippen LogP contribution in [0.25, 0.3) is 155 Å². The topological polar surface area (TPSA) is 6.48 Å². The van der Waals surface area contributed by atoms with Crippen molar-refractivity contribution in [3.05, 3.63) is 473 Å². The van der Waals surface area contributed by atoms with Crippen molar-refractivity contribution in [3.63, 3.8) is 0 Å². The van der Waals surface area contributed by atoms with E-state index in [1.165, 1.54) is 88.7 Å². The monoisotopic (exact) mass is 1450 g/mol. The fraction of sp³-hybridized carbons (Fsp3) is 0. The number of para-hydroxylation sites is 2. The van der Waals surface area contributed by atoms with Gasteiger partial charge in [-0.25, -0.2) is 0 Å². The molecule has 0 amide bonds. The maximum Gasteiger partial charge on any atom is 0.0540 e. The van der Waals surface area contributed by atoms with E-state index in [1.54, 1.807) is 0 Å². The van der Waals surface area contributed by atoms with Crippen molar-refractivity contribution in [1.82, 2.24) is 0 Å². The third kappa shape index (κ3) is 14.3. The molecule has 0 saturated carbocycles. The molecule has 0 aliphatic heterocycles. The van der Waals surface area contributed by atoms with Crippen molar-refractivity contribution in [2.75, 3.05) is 9.80 Å². The smallest absolute Gasteiger partial charge is 0.0540 e. The molecule has 0 fully saturated rings. The first-order valence-corrected chi connectivity index (χ1v) is 39.2. The summed E-state index contributed by atoms with van der Waals surface area (Å²) in [5, 5.41) is 2.48. The van der Waals surface area contributed by atoms with Gasteiger partial charge in [-0.1, -0.05) is 394 Å². The molecule has 536 valence electrons. The SMILES string of the molecule is c1ccc(-c2ccc(-c3ccccc3N(c3ccc(-c4ccc(-c5cccc(-c6ccc(-c7ccc(-c8ccc(N(c9ccc(-c%10ccc(-c%11ccccc%11)c(-c%11ccccc%11)c%10)cc9)c9ccc(-c%10cccc%11ccccc%10%11)cc9)cc8)cc7)cc6)c5)c(-c5ccccc5)c4)cc3)c3ccccc3-c3ccccc3)cc2)cc1. The van der Waals surface area contributed by atoms with E-state index in [9.17, 15) is 0 Å². The van der Waals surface area contributed by atoms with Crippen LogP contribution in [-0.2, 0) is 0 Å². The van der Waals surface area contributed by atoms with E-state index in [1.807, 2.05) is 0 Å². The molecule has 0 unspecified atom stereocenters. The summed E-state index contributed by atoms with van der Waals surface area (Å²) in [6.07, 6.45) is 0. The fourth-order valence-corrected chi connectivity index (χ4v) is 16.3. The highest BCUT2D eigenvalue weighted by atomic mass is 15.2. The normalized spacial score (nSPS) is 11.2. The molecule has 0 aliphatic rings. The molecular weight excluding hydrogens is 1370 g/mol. The maximum absolute atomic E-state index is 2.43. The quantitative estimate of drug-likeness (QED) is 0.0796. The van der Waals surface area contributed by atoms with Crippen LogP contribution in [-0.4, -0.2) is 0 Å². The van der Waals surface area contributed by atoms with Gasteiger partial charge in [-0.3, -0.25) is 0 Å². The predicted octanol–water partition coefficient (Wildman–Crippen LogP) is 31.5. The molecule has 0 heterocycles. The minimum Gasteiger partial charge on any atom is -0.311 e. The van der Waals surface area contributed by atoms with E-state index < -0.39 is 0 Å². The predicted molar refractivity (Wildman–Crippen MR) is 484 cm³/mol. The number of hydrogen-bond acceptors (Lipinski definition) is 2. The van der Waals surface area contributed by atoms with Gasteiger partial charge in [0.05, 0.1) is 11.4 Å². The number of anilines is 6. The summed E-state index contributed by atoms with van der Waals surface area (Å²) in [5.41, 5.74) is 37.0. The van der Waals surface area contributed by atoms with Crippen LogP contribution >= 0.6 is 0 Å². The highest BCUT2D eigenvalue weighted by Crippen LogP contribution is 2.48. The Balaban J connectivity index is 0.584. The summed E-state index contributed by atoms with van der Waals surface area (Å²) in [6, 6.07) is 172. The van der Waals surface area contributed by atoms with Gasteiger partial charge in [-0.05, 0) is 223 Å². The Bertz CT molecular complexity index is 6540. The first-order valence-electron chi connectivity index (χ1n) is 39.2. The molecule has 0 radical (unpaired) electrons. The van der Waals surface area contributed by atoms with E-state index in [2.05, 4.69) is 483 Å². The highest BCUT2D eigenvalue weighted by Gasteiger charge is 2.23. The Labute approximate surface area is 668 Å². The van der Waals surface area contributed by atoms with Crippen LogP contribution in [0.15, 0.2) is 473 Å². The summed E-state index contributed by atoms with van der Waals surface area (Å²) in [4.78, 5) is 4.80. The van der Waals surface area contributed by atoms with Crippen LogP contribution in [0.4, 0.5) is 34.1 Å². The lowest BCUT2D eigenvalue weighted by molar-refractivity contribution is 1.28. The highest BCUT2D eigenvalue weighted by molar-refractivity contribution is 5.99. The van der Waals surface area contributed by atoms with Crippen LogP contribution in [0.1, 0.15) is 0 Å². The van der Waals surface area contributed by atoms with E-state index in [4.69, 9.17) is 0 Å². The summed E-state index contributed by atoms with van der Waals surface area (Å²) in [7, 11) is 0. The van der Waals surface area contributed by atoms with Gasteiger partial charge < -0.3 is 9.80 Å². The first-order chi connectivity index (χ1) is 56.5. The molecule has 0 N–H and O–H groups in total. The lowest BCUT2D eigenvalue weighted by Gasteiger charge is -2.30. The van der Waals surface area contributed by atoms with Crippen LogP contribution in [0.3, 0.4) is 0 Å². The van der Waals surface area contributed by atoms with Crippen molar-refractivity contribution in [2.45, 2.75) is 0 Å². The van der Waals surface area contributed by atoms with Gasteiger partial charge >= 0.3 is 0 Å². The molecule has 0 aromatic heterocycles. The van der Waals surface area contributed by atoms with Gasteiger partial charge in [0.25, 0.3) is 0 Å². The van der Waals surface area contributed by atoms with Gasteiger partial charge in [-0.2, -0.15) is 0 Å². The second-order valence-electron chi connectivity index (χ2n) is 29.1. The zero-order chi connectivity index (χ0) is 75.9. The minimum absolute atomic E-state index is 1.07. The lowest BCUT2D eigenvalue weighted by atomic mass is 9.89. The minimum atomic E-state index is 1.07. The van der Waals surface area contributed by atoms with Crippen LogP contribution in [0, 0.1) is 0 Å². The Hall–Kier alpha value is -15.0. The number of benzene rings is 19. The zero-order valence-corrected chi connectivity index (χ0v) is 62.9. The summed E-state index contributed by atoms with van der Waals surface area (Å²) in [6.45, 7) is 0. The number of hydrogen-bond donors (Lipinski definition) is 0. The van der Waals surface area contributed by atoms with E-state index in [0.717, 1.165) is 101 Å².